The molecule has 1 N–H and O–H groups in total. The van der Waals surface area contributed by atoms with Crippen LogP contribution >= 0.6 is 13.5 Å². The fourth-order valence-corrected chi connectivity index (χ4v) is 0. The lowest BCUT2D eigenvalue weighted by Gasteiger charge is -2.04. The van der Waals surface area contributed by atoms with Crippen molar-refractivity contribution in [2.45, 2.75) is 26.4 Å². The monoisotopic (exact) mass is 106 g/mol. The minimum atomic E-state index is -0.500. The van der Waals surface area contributed by atoms with E-state index in [-0.39, 0.29) is 13.5 Å². The zero-order chi connectivity index (χ0) is 4.50. The summed E-state index contributed by atoms with van der Waals surface area (Å²) in [4.78, 5) is 0. The van der Waals surface area contributed by atoms with Crippen LogP contribution in [0.5, 0.6) is 0 Å². The summed E-state index contributed by atoms with van der Waals surface area (Å²) in [6.45, 7) is 5.23. The molecule has 0 atom stereocenters. The maximum atomic E-state index is 8.52. The average Bonchev–Trinajstić information content (AvgIpc) is 0.722. The van der Waals surface area contributed by atoms with Gasteiger partial charge in [0.1, 0.15) is 0 Å². The summed E-state index contributed by atoms with van der Waals surface area (Å²) in [5.74, 6) is 0. The molecule has 1 nitrogen and oxygen atoms in total. The molecule has 0 aliphatic heterocycles. The van der Waals surface area contributed by atoms with E-state index >= 15 is 0 Å². The van der Waals surface area contributed by atoms with E-state index in [1.54, 1.807) is 20.8 Å². The van der Waals surface area contributed by atoms with E-state index in [1.807, 2.05) is 0 Å². The Hall–Kier alpha value is 0.310. The van der Waals surface area contributed by atoms with Crippen LogP contribution in [0.3, 0.4) is 0 Å². The summed E-state index contributed by atoms with van der Waals surface area (Å²) >= 11 is 0. The predicted molar refractivity (Wildman–Crippen MR) is 29.6 cm³/mol. The standard InChI is InChI=1S/C4H10O.S/c1-4(2,3)5;/h5H,1-3H3;. The topological polar surface area (TPSA) is 20.2 Å². The van der Waals surface area contributed by atoms with Crippen molar-refractivity contribution in [2.75, 3.05) is 0 Å². The summed E-state index contributed by atoms with van der Waals surface area (Å²) in [6, 6.07) is 0. The molecular weight excluding hydrogens is 96.1 g/mol. The van der Waals surface area contributed by atoms with Crippen molar-refractivity contribution in [1.82, 2.24) is 0 Å². The van der Waals surface area contributed by atoms with E-state index < -0.39 is 5.60 Å². The number of hydrogen-bond acceptors (Lipinski definition) is 1. The Balaban J connectivity index is 0. The van der Waals surface area contributed by atoms with Crippen LogP contribution in [-0.2, 0) is 0 Å². The van der Waals surface area contributed by atoms with Gasteiger partial charge in [-0.15, -0.1) is 0 Å². The molecule has 0 saturated carbocycles. The van der Waals surface area contributed by atoms with Gasteiger partial charge in [0.15, 0.2) is 0 Å². The Morgan fingerprint density at radius 1 is 1.17 bits per heavy atom. The van der Waals surface area contributed by atoms with Gasteiger partial charge in [0.2, 0.25) is 0 Å². The maximum absolute atomic E-state index is 8.52. The third kappa shape index (κ3) is 491. The summed E-state index contributed by atoms with van der Waals surface area (Å²) in [5, 5.41) is 8.52. The van der Waals surface area contributed by atoms with Crippen LogP contribution in [0.15, 0.2) is 0 Å². The van der Waals surface area contributed by atoms with Crippen molar-refractivity contribution in [3.63, 3.8) is 0 Å². The molecule has 0 fully saturated rings. The maximum Gasteiger partial charge on any atom is 0.0563 e. The van der Waals surface area contributed by atoms with Crippen LogP contribution in [0.1, 0.15) is 20.8 Å². The Bertz CT molecular complexity index is 23.0. The summed E-state index contributed by atoms with van der Waals surface area (Å²) in [7, 11) is 0. The second kappa shape index (κ2) is 2.48. The van der Waals surface area contributed by atoms with Gasteiger partial charge in [-0.25, -0.2) is 0 Å². The van der Waals surface area contributed by atoms with E-state index in [4.69, 9.17) is 5.11 Å². The lowest BCUT2D eigenvalue weighted by Crippen LogP contribution is -2.10. The molecule has 0 spiro atoms. The molecular formula is C4H10OS. The summed E-state index contributed by atoms with van der Waals surface area (Å²) in [6.07, 6.45) is 0. The molecule has 0 aromatic carbocycles. The predicted octanol–water partition coefficient (Wildman–Crippen LogP) is 1.43. The summed E-state index contributed by atoms with van der Waals surface area (Å²) in [5.41, 5.74) is -0.500. The molecule has 0 heterocycles. The smallest absolute Gasteiger partial charge is 0.0563 e. The van der Waals surface area contributed by atoms with Crippen LogP contribution in [0, 0.1) is 0 Å². The van der Waals surface area contributed by atoms with Crippen molar-refractivity contribution >= 4 is 13.5 Å². The van der Waals surface area contributed by atoms with Crippen molar-refractivity contribution < 1.29 is 5.11 Å². The highest BCUT2D eigenvalue weighted by atomic mass is 32.1. The van der Waals surface area contributed by atoms with Crippen LogP contribution < -0.4 is 0 Å². The second-order valence-corrected chi connectivity index (χ2v) is 2.17. The Morgan fingerprint density at radius 3 is 1.17 bits per heavy atom. The Labute approximate surface area is 45.8 Å². The molecule has 0 aromatic heterocycles. The zero-order valence-corrected chi connectivity index (χ0v) is 5.17. The first-order chi connectivity index (χ1) is 2.00. The third-order valence-corrected chi connectivity index (χ3v) is 0. The van der Waals surface area contributed by atoms with Gasteiger partial charge < -0.3 is 5.11 Å². The van der Waals surface area contributed by atoms with Gasteiger partial charge in [-0.1, -0.05) is 0 Å². The molecule has 0 aliphatic rings. The molecule has 6 heavy (non-hydrogen) atoms. The molecule has 0 aliphatic carbocycles. The zero-order valence-electron chi connectivity index (χ0n) is 4.36. The van der Waals surface area contributed by atoms with E-state index in [1.165, 1.54) is 0 Å². The largest absolute Gasteiger partial charge is 0.391 e. The van der Waals surface area contributed by atoms with Crippen LogP contribution in [0.2, 0.25) is 0 Å². The van der Waals surface area contributed by atoms with E-state index in [2.05, 4.69) is 0 Å². The van der Waals surface area contributed by atoms with Gasteiger partial charge in [-0.2, -0.15) is 0 Å². The van der Waals surface area contributed by atoms with Gasteiger partial charge in [0, 0.05) is 13.5 Å². The highest BCUT2D eigenvalue weighted by Crippen LogP contribution is 1.93. The number of rotatable bonds is 0. The van der Waals surface area contributed by atoms with E-state index in [0.29, 0.717) is 0 Å². The average molecular weight is 106 g/mol. The lowest BCUT2D eigenvalue weighted by molar-refractivity contribution is 0.102. The highest BCUT2D eigenvalue weighted by Gasteiger charge is 1.97. The molecule has 0 amide bonds. The van der Waals surface area contributed by atoms with Crippen molar-refractivity contribution in [3.05, 3.63) is 0 Å². The van der Waals surface area contributed by atoms with Gasteiger partial charge >= 0.3 is 0 Å². The quantitative estimate of drug-likeness (QED) is 0.495. The first-order valence-corrected chi connectivity index (χ1v) is 1.72. The number of hydrogen-bond donors (Lipinski definition) is 1. The van der Waals surface area contributed by atoms with Crippen molar-refractivity contribution in [2.24, 2.45) is 0 Å². The minimum Gasteiger partial charge on any atom is -0.391 e. The molecule has 2 radical (unpaired) electrons. The fraction of sp³-hybridized carbons (Fsp3) is 1.00. The van der Waals surface area contributed by atoms with Crippen LogP contribution in [0.25, 0.3) is 0 Å². The molecule has 38 valence electrons. The molecule has 0 saturated heterocycles. The molecule has 0 rings (SSSR count). The Kier molecular flexibility index (Phi) is 3.95. The third-order valence-electron chi connectivity index (χ3n) is 0. The first-order valence-electron chi connectivity index (χ1n) is 1.72. The molecule has 2 heteroatoms. The van der Waals surface area contributed by atoms with E-state index in [9.17, 15) is 0 Å². The van der Waals surface area contributed by atoms with Gasteiger partial charge in [0.25, 0.3) is 0 Å². The summed E-state index contributed by atoms with van der Waals surface area (Å²) < 4.78 is 0. The van der Waals surface area contributed by atoms with Crippen LogP contribution in [0.4, 0.5) is 0 Å². The van der Waals surface area contributed by atoms with Gasteiger partial charge in [-0.05, 0) is 20.8 Å². The normalized spacial score (nSPS) is 10.0. The molecule has 0 unspecified atom stereocenters. The number of aliphatic hydroxyl groups is 1. The SMILES string of the molecule is CC(C)(C)O.[S]. The van der Waals surface area contributed by atoms with Crippen molar-refractivity contribution in [3.8, 4) is 0 Å². The van der Waals surface area contributed by atoms with Gasteiger partial charge in [0.05, 0.1) is 5.60 Å². The second-order valence-electron chi connectivity index (χ2n) is 2.17. The lowest BCUT2D eigenvalue weighted by atomic mass is 10.2. The van der Waals surface area contributed by atoms with Gasteiger partial charge in [-0.3, -0.25) is 0 Å². The highest BCUT2D eigenvalue weighted by molar-refractivity contribution is 7.59. The minimum absolute atomic E-state index is 0. The van der Waals surface area contributed by atoms with E-state index in [0.717, 1.165) is 0 Å². The fourth-order valence-electron chi connectivity index (χ4n) is 0. The Morgan fingerprint density at radius 2 is 1.17 bits per heavy atom. The first kappa shape index (κ1) is 9.58. The van der Waals surface area contributed by atoms with Crippen LogP contribution in [-0.4, -0.2) is 10.7 Å². The molecule has 0 bridgehead atoms. The molecule has 0 aromatic rings. The van der Waals surface area contributed by atoms with Crippen molar-refractivity contribution in [1.29, 1.82) is 0 Å².